The van der Waals surface area contributed by atoms with Gasteiger partial charge in [0.15, 0.2) is 0 Å². The van der Waals surface area contributed by atoms with E-state index < -0.39 is 0 Å². The fraction of sp³-hybridized carbons (Fsp3) is 0.500. The van der Waals surface area contributed by atoms with Crippen LogP contribution in [0.25, 0.3) is 0 Å². The first-order chi connectivity index (χ1) is 15.7. The number of carbonyl (C=O) groups is 2. The average molecular weight is 438 g/mol. The zero-order valence-corrected chi connectivity index (χ0v) is 18.4. The van der Waals surface area contributed by atoms with Crippen molar-refractivity contribution in [3.8, 4) is 5.88 Å². The van der Waals surface area contributed by atoms with Gasteiger partial charge in [0.2, 0.25) is 5.88 Å². The first-order valence-corrected chi connectivity index (χ1v) is 11.5. The van der Waals surface area contributed by atoms with Crippen LogP contribution in [0.4, 0.5) is 10.6 Å². The summed E-state index contributed by atoms with van der Waals surface area (Å²) in [5.74, 6) is 1.71. The molecule has 0 bridgehead atoms. The van der Waals surface area contributed by atoms with Crippen LogP contribution in [0.15, 0.2) is 42.7 Å². The first kappa shape index (κ1) is 22.0. The Kier molecular flexibility index (Phi) is 7.53. The van der Waals surface area contributed by atoms with Crippen molar-refractivity contribution in [1.82, 2.24) is 19.8 Å². The number of urea groups is 1. The molecule has 2 aromatic heterocycles. The van der Waals surface area contributed by atoms with Crippen molar-refractivity contribution in [1.29, 1.82) is 0 Å². The topological polar surface area (TPSA) is 87.7 Å². The minimum atomic E-state index is -0.201. The quantitative estimate of drug-likeness (QED) is 0.742. The Morgan fingerprint density at radius 1 is 0.969 bits per heavy atom. The van der Waals surface area contributed by atoms with Gasteiger partial charge in [0.25, 0.3) is 5.91 Å². The number of piperazine rings is 1. The highest BCUT2D eigenvalue weighted by Gasteiger charge is 2.25. The molecule has 0 unspecified atom stereocenters. The Hall–Kier alpha value is -3.16. The van der Waals surface area contributed by atoms with Crippen molar-refractivity contribution in [3.63, 3.8) is 0 Å². The van der Waals surface area contributed by atoms with E-state index in [1.165, 1.54) is 32.1 Å². The van der Waals surface area contributed by atoms with Gasteiger partial charge in [0.1, 0.15) is 5.82 Å². The summed E-state index contributed by atoms with van der Waals surface area (Å²) in [7, 11) is 0. The highest BCUT2D eigenvalue weighted by Crippen LogP contribution is 2.26. The zero-order chi connectivity index (χ0) is 22.2. The van der Waals surface area contributed by atoms with Gasteiger partial charge in [-0.1, -0.05) is 38.2 Å². The van der Waals surface area contributed by atoms with Crippen LogP contribution in [0.2, 0.25) is 0 Å². The summed E-state index contributed by atoms with van der Waals surface area (Å²) in [6, 6.07) is 8.61. The maximum absolute atomic E-state index is 13.0. The van der Waals surface area contributed by atoms with Gasteiger partial charge >= 0.3 is 6.03 Å². The molecule has 1 aliphatic carbocycles. The highest BCUT2D eigenvalue weighted by atomic mass is 16.5. The van der Waals surface area contributed by atoms with Crippen molar-refractivity contribution in [2.24, 2.45) is 5.92 Å². The molecule has 8 heteroatoms. The van der Waals surface area contributed by atoms with E-state index >= 15 is 0 Å². The Balaban J connectivity index is 1.24. The molecule has 0 aromatic carbocycles. The molecule has 3 amide bonds. The smallest absolute Gasteiger partial charge is 0.323 e. The minimum Gasteiger partial charge on any atom is -0.478 e. The van der Waals surface area contributed by atoms with Gasteiger partial charge in [-0.15, -0.1) is 0 Å². The molecular weight excluding hydrogens is 406 g/mol. The summed E-state index contributed by atoms with van der Waals surface area (Å²) in [4.78, 5) is 37.2. The summed E-state index contributed by atoms with van der Waals surface area (Å²) in [5, 5.41) is 2.79. The van der Waals surface area contributed by atoms with Gasteiger partial charge in [0.05, 0.1) is 6.61 Å². The monoisotopic (exact) mass is 437 g/mol. The highest BCUT2D eigenvalue weighted by molar-refractivity contribution is 5.94. The SMILES string of the molecule is O=C(Nc1ccccn1)N1CCN(C(=O)c2ccnc(OCCC3CCCCC3)c2)CC1. The molecule has 2 aliphatic rings. The number of hydrogen-bond donors (Lipinski definition) is 1. The number of hydrogen-bond acceptors (Lipinski definition) is 5. The van der Waals surface area contributed by atoms with E-state index in [9.17, 15) is 9.59 Å². The van der Waals surface area contributed by atoms with Crippen LogP contribution >= 0.6 is 0 Å². The van der Waals surface area contributed by atoms with Crippen LogP contribution in [-0.2, 0) is 0 Å². The molecule has 8 nitrogen and oxygen atoms in total. The molecule has 0 atom stereocenters. The minimum absolute atomic E-state index is 0.0608. The summed E-state index contributed by atoms with van der Waals surface area (Å²) >= 11 is 0. The predicted octanol–water partition coefficient (Wildman–Crippen LogP) is 3.82. The van der Waals surface area contributed by atoms with E-state index in [1.54, 1.807) is 46.5 Å². The fourth-order valence-corrected chi connectivity index (χ4v) is 4.35. The number of pyridine rings is 2. The number of aromatic nitrogens is 2. The van der Waals surface area contributed by atoms with E-state index in [1.807, 2.05) is 6.07 Å². The lowest BCUT2D eigenvalue weighted by Crippen LogP contribution is -2.51. The molecule has 2 aromatic rings. The lowest BCUT2D eigenvalue weighted by molar-refractivity contribution is 0.0671. The molecule has 2 fully saturated rings. The number of amides is 3. The van der Waals surface area contributed by atoms with Gasteiger partial charge in [-0.3, -0.25) is 10.1 Å². The number of nitrogens with zero attached hydrogens (tertiary/aromatic N) is 4. The second kappa shape index (κ2) is 10.9. The first-order valence-electron chi connectivity index (χ1n) is 11.5. The third-order valence-electron chi connectivity index (χ3n) is 6.24. The van der Waals surface area contributed by atoms with E-state index in [2.05, 4.69) is 15.3 Å². The van der Waals surface area contributed by atoms with Crippen LogP contribution in [0.1, 0.15) is 48.9 Å². The molecule has 4 rings (SSSR count). The lowest BCUT2D eigenvalue weighted by Gasteiger charge is -2.34. The molecule has 32 heavy (non-hydrogen) atoms. The lowest BCUT2D eigenvalue weighted by atomic mass is 9.87. The molecule has 1 saturated carbocycles. The molecule has 1 aliphatic heterocycles. The number of carbonyl (C=O) groups excluding carboxylic acids is 2. The Morgan fingerprint density at radius 2 is 1.75 bits per heavy atom. The second-order valence-electron chi connectivity index (χ2n) is 8.45. The molecule has 3 heterocycles. The van der Waals surface area contributed by atoms with Gasteiger partial charge in [-0.05, 0) is 30.5 Å². The average Bonchev–Trinajstić information content (AvgIpc) is 2.85. The maximum Gasteiger partial charge on any atom is 0.323 e. The molecular formula is C24H31N5O3. The van der Waals surface area contributed by atoms with Crippen molar-refractivity contribution >= 4 is 17.8 Å². The standard InChI is InChI=1S/C24H31N5O3/c30-23(20-9-12-26-22(18-20)32-17-10-19-6-2-1-3-7-19)28-13-15-29(16-14-28)24(31)27-21-8-4-5-11-25-21/h4-5,8-9,11-12,18-19H,1-3,6-7,10,13-17H2,(H,25,27,31). The van der Waals surface area contributed by atoms with E-state index in [-0.39, 0.29) is 11.9 Å². The number of nitrogens with one attached hydrogen (secondary N) is 1. The number of rotatable bonds is 6. The van der Waals surface area contributed by atoms with Gasteiger partial charge in [-0.2, -0.15) is 0 Å². The zero-order valence-electron chi connectivity index (χ0n) is 18.4. The summed E-state index contributed by atoms with van der Waals surface area (Å²) in [6.07, 6.45) is 10.9. The molecule has 0 radical (unpaired) electrons. The predicted molar refractivity (Wildman–Crippen MR) is 122 cm³/mol. The van der Waals surface area contributed by atoms with Crippen molar-refractivity contribution in [3.05, 3.63) is 48.3 Å². The Morgan fingerprint density at radius 3 is 2.50 bits per heavy atom. The Bertz CT molecular complexity index is 894. The van der Waals surface area contributed by atoms with Gasteiger partial charge in [0, 0.05) is 50.2 Å². The van der Waals surface area contributed by atoms with Crippen LogP contribution in [0.5, 0.6) is 5.88 Å². The van der Waals surface area contributed by atoms with Crippen LogP contribution in [0.3, 0.4) is 0 Å². The van der Waals surface area contributed by atoms with E-state index in [0.717, 1.165) is 12.3 Å². The van der Waals surface area contributed by atoms with Crippen LogP contribution in [-0.4, -0.2) is 64.5 Å². The van der Waals surface area contributed by atoms with Gasteiger partial charge in [-0.25, -0.2) is 14.8 Å². The Labute approximate surface area is 189 Å². The van der Waals surface area contributed by atoms with Crippen LogP contribution in [0, 0.1) is 5.92 Å². The largest absolute Gasteiger partial charge is 0.478 e. The summed E-state index contributed by atoms with van der Waals surface area (Å²) in [5.41, 5.74) is 0.569. The molecule has 0 spiro atoms. The van der Waals surface area contributed by atoms with Gasteiger partial charge < -0.3 is 14.5 Å². The molecule has 170 valence electrons. The van der Waals surface area contributed by atoms with Crippen molar-refractivity contribution < 1.29 is 14.3 Å². The normalized spacial score (nSPS) is 17.1. The van der Waals surface area contributed by atoms with E-state index in [0.29, 0.717) is 50.0 Å². The third kappa shape index (κ3) is 5.96. The molecule has 1 saturated heterocycles. The summed E-state index contributed by atoms with van der Waals surface area (Å²) in [6.45, 7) is 2.54. The van der Waals surface area contributed by atoms with Crippen molar-refractivity contribution in [2.45, 2.75) is 38.5 Å². The summed E-state index contributed by atoms with van der Waals surface area (Å²) < 4.78 is 5.84. The van der Waals surface area contributed by atoms with Crippen molar-refractivity contribution in [2.75, 3.05) is 38.1 Å². The van der Waals surface area contributed by atoms with Crippen LogP contribution < -0.4 is 10.1 Å². The maximum atomic E-state index is 13.0. The fourth-order valence-electron chi connectivity index (χ4n) is 4.35. The molecule has 1 N–H and O–H groups in total. The third-order valence-corrected chi connectivity index (χ3v) is 6.24. The second-order valence-corrected chi connectivity index (χ2v) is 8.45. The van der Waals surface area contributed by atoms with E-state index in [4.69, 9.17) is 4.74 Å². The number of anilines is 1. The number of ether oxygens (including phenoxy) is 1.